The maximum Gasteiger partial charge on any atom is 0.407 e. The normalized spacial score (nSPS) is 21.5. The summed E-state index contributed by atoms with van der Waals surface area (Å²) in [5.74, 6) is -0.0326. The summed E-state index contributed by atoms with van der Waals surface area (Å²) in [5, 5.41) is 2.86. The zero-order valence-corrected chi connectivity index (χ0v) is 25.9. The highest BCUT2D eigenvalue weighted by Gasteiger charge is 2.32. The Balaban J connectivity index is 1.19. The van der Waals surface area contributed by atoms with Crippen LogP contribution in [-0.4, -0.2) is 78.9 Å². The molecule has 1 atom stereocenters. The molecule has 3 aliphatic rings. The van der Waals surface area contributed by atoms with Crippen LogP contribution >= 0.6 is 27.3 Å². The van der Waals surface area contributed by atoms with E-state index in [9.17, 15) is 9.59 Å². The Morgan fingerprint density at radius 2 is 1.80 bits per heavy atom. The summed E-state index contributed by atoms with van der Waals surface area (Å²) in [6.45, 7) is 10.1. The molecule has 7 nitrogen and oxygen atoms in total. The van der Waals surface area contributed by atoms with Crippen LogP contribution in [0.25, 0.3) is 10.4 Å². The number of carbonyl (C=O) groups is 2. The van der Waals surface area contributed by atoms with Crippen LogP contribution in [0.4, 0.5) is 9.18 Å². The van der Waals surface area contributed by atoms with Gasteiger partial charge >= 0.3 is 6.09 Å². The lowest BCUT2D eigenvalue weighted by Crippen LogP contribution is -2.43. The van der Waals surface area contributed by atoms with E-state index >= 15 is 4.39 Å². The molecule has 1 N–H and O–H groups in total. The second-order valence-corrected chi connectivity index (χ2v) is 14.0. The third kappa shape index (κ3) is 7.06. The van der Waals surface area contributed by atoms with E-state index in [-0.39, 0.29) is 23.7 Å². The minimum atomic E-state index is -0.573. The first kappa shape index (κ1) is 29.5. The van der Waals surface area contributed by atoms with Gasteiger partial charge in [-0.15, -0.1) is 11.3 Å². The van der Waals surface area contributed by atoms with Crippen LogP contribution in [0.2, 0.25) is 0 Å². The van der Waals surface area contributed by atoms with Crippen molar-refractivity contribution in [3.63, 3.8) is 0 Å². The Hall–Kier alpha value is -2.01. The Morgan fingerprint density at radius 1 is 1.07 bits per heavy atom. The number of likely N-dealkylation sites (tertiary alicyclic amines) is 2. The summed E-state index contributed by atoms with van der Waals surface area (Å²) in [6, 6.07) is 7.87. The average Bonchev–Trinajstić information content (AvgIpc) is 3.54. The summed E-state index contributed by atoms with van der Waals surface area (Å²) < 4.78 is 26.9. The first-order valence-electron chi connectivity index (χ1n) is 14.3. The number of piperidine rings is 1. The summed E-state index contributed by atoms with van der Waals surface area (Å²) in [7, 11) is 0. The van der Waals surface area contributed by atoms with Crippen molar-refractivity contribution in [3.05, 3.63) is 45.0 Å². The lowest BCUT2D eigenvalue weighted by atomic mass is 9.87. The number of hydrogen-bond donors (Lipinski definition) is 1. The summed E-state index contributed by atoms with van der Waals surface area (Å²) in [5.41, 5.74) is 0.996. The number of alkyl carbamates (subject to hydrolysis) is 1. The van der Waals surface area contributed by atoms with E-state index in [0.29, 0.717) is 34.9 Å². The van der Waals surface area contributed by atoms with Crippen molar-refractivity contribution >= 4 is 39.3 Å². The molecule has 2 amide bonds. The van der Waals surface area contributed by atoms with Crippen LogP contribution in [0.15, 0.2) is 28.7 Å². The molecule has 0 radical (unpaired) electrons. The molecule has 3 saturated heterocycles. The highest BCUT2D eigenvalue weighted by molar-refractivity contribution is 9.10. The topological polar surface area (TPSA) is 71.1 Å². The first-order chi connectivity index (χ1) is 19.1. The zero-order chi connectivity index (χ0) is 28.4. The summed E-state index contributed by atoms with van der Waals surface area (Å²) >= 11 is 4.91. The van der Waals surface area contributed by atoms with Crippen molar-refractivity contribution in [1.82, 2.24) is 15.1 Å². The Morgan fingerprint density at radius 3 is 2.48 bits per heavy atom. The number of rotatable bonds is 5. The predicted molar refractivity (Wildman–Crippen MR) is 158 cm³/mol. The van der Waals surface area contributed by atoms with E-state index in [1.807, 2.05) is 39.0 Å². The Labute approximate surface area is 248 Å². The third-order valence-electron chi connectivity index (χ3n) is 8.04. The smallest absolute Gasteiger partial charge is 0.407 e. The number of halogens is 2. The molecule has 1 aromatic heterocycles. The zero-order valence-electron chi connectivity index (χ0n) is 23.5. The third-order valence-corrected chi connectivity index (χ3v) is 10.1. The Kier molecular flexibility index (Phi) is 9.19. The molecule has 10 heteroatoms. The highest BCUT2D eigenvalue weighted by Crippen LogP contribution is 2.38. The van der Waals surface area contributed by atoms with Crippen molar-refractivity contribution in [2.75, 3.05) is 39.4 Å². The van der Waals surface area contributed by atoms with Gasteiger partial charge in [-0.05, 0) is 111 Å². The van der Waals surface area contributed by atoms with Crippen LogP contribution < -0.4 is 5.32 Å². The van der Waals surface area contributed by atoms with Gasteiger partial charge in [0.25, 0.3) is 5.91 Å². The fourth-order valence-corrected chi connectivity index (χ4v) is 7.78. The molecule has 3 aliphatic heterocycles. The van der Waals surface area contributed by atoms with E-state index in [1.165, 1.54) is 11.3 Å². The number of benzene rings is 1. The Bertz CT molecular complexity index is 1220. The molecule has 0 unspecified atom stereocenters. The van der Waals surface area contributed by atoms with Gasteiger partial charge in [0.1, 0.15) is 16.3 Å². The molecule has 0 saturated carbocycles. The molecule has 0 aliphatic carbocycles. The fourth-order valence-electron chi connectivity index (χ4n) is 5.97. The summed E-state index contributed by atoms with van der Waals surface area (Å²) in [6.07, 6.45) is 4.32. The van der Waals surface area contributed by atoms with Crippen molar-refractivity contribution in [2.45, 2.75) is 76.5 Å². The van der Waals surface area contributed by atoms with Gasteiger partial charge < -0.3 is 24.6 Å². The SMILES string of the molecule is CC(C)(C)OC(=O)N[C@H]1CCN(C(=O)c2sc(-c3ccc(C4CCN(C5CCOCC5)CC4)c(F)c3)cc2Br)C1. The van der Waals surface area contributed by atoms with Crippen LogP contribution in [0.1, 0.15) is 74.0 Å². The molecule has 5 rings (SSSR count). The van der Waals surface area contributed by atoms with Gasteiger partial charge in [0.2, 0.25) is 0 Å². The molecule has 218 valence electrons. The van der Waals surface area contributed by atoms with Gasteiger partial charge in [-0.25, -0.2) is 9.18 Å². The number of nitrogens with zero attached hydrogens (tertiary/aromatic N) is 2. The van der Waals surface area contributed by atoms with Crippen molar-refractivity contribution in [3.8, 4) is 10.4 Å². The van der Waals surface area contributed by atoms with E-state index in [4.69, 9.17) is 9.47 Å². The largest absolute Gasteiger partial charge is 0.444 e. The van der Waals surface area contributed by atoms with E-state index in [1.54, 1.807) is 11.0 Å². The molecule has 4 heterocycles. The number of carbonyl (C=O) groups excluding carboxylic acids is 2. The van der Waals surface area contributed by atoms with E-state index in [0.717, 1.165) is 68.0 Å². The molecule has 1 aromatic carbocycles. The van der Waals surface area contributed by atoms with Crippen LogP contribution in [0.5, 0.6) is 0 Å². The van der Waals surface area contributed by atoms with Gasteiger partial charge in [-0.1, -0.05) is 12.1 Å². The van der Waals surface area contributed by atoms with E-state index in [2.05, 4.69) is 26.1 Å². The number of hydrogen-bond acceptors (Lipinski definition) is 6. The van der Waals surface area contributed by atoms with Crippen LogP contribution in [0.3, 0.4) is 0 Å². The van der Waals surface area contributed by atoms with Gasteiger partial charge in [-0.3, -0.25) is 4.79 Å². The van der Waals surface area contributed by atoms with Crippen LogP contribution in [0, 0.1) is 5.82 Å². The highest BCUT2D eigenvalue weighted by atomic mass is 79.9. The number of nitrogens with one attached hydrogen (secondary N) is 1. The second kappa shape index (κ2) is 12.5. The minimum Gasteiger partial charge on any atom is -0.444 e. The van der Waals surface area contributed by atoms with Crippen molar-refractivity contribution in [2.24, 2.45) is 0 Å². The van der Waals surface area contributed by atoms with Gasteiger partial charge in [0, 0.05) is 41.7 Å². The molecule has 40 heavy (non-hydrogen) atoms. The standard InChI is InChI=1S/C30H39BrFN3O4S/c1-30(2,3)39-29(37)33-21-8-13-35(18-21)28(36)27-24(31)17-26(40-27)20-4-5-23(25(32)16-20)19-6-11-34(12-7-19)22-9-14-38-15-10-22/h4-5,16-17,19,21-22H,6-15,18H2,1-3H3,(H,33,37)/t21-/m0/s1. The van der Waals surface area contributed by atoms with Gasteiger partial charge in [0.05, 0.1) is 6.04 Å². The molecule has 0 spiro atoms. The number of ether oxygens (including phenoxy) is 2. The molecular formula is C30H39BrFN3O4S. The quantitative estimate of drug-likeness (QED) is 0.411. The monoisotopic (exact) mass is 635 g/mol. The van der Waals surface area contributed by atoms with Gasteiger partial charge in [0.15, 0.2) is 0 Å². The number of amides is 2. The average molecular weight is 637 g/mol. The van der Waals surface area contributed by atoms with Crippen LogP contribution in [-0.2, 0) is 9.47 Å². The molecular weight excluding hydrogens is 597 g/mol. The predicted octanol–water partition coefficient (Wildman–Crippen LogP) is 6.41. The maximum absolute atomic E-state index is 15.4. The maximum atomic E-state index is 15.4. The molecule has 3 fully saturated rings. The first-order valence-corrected chi connectivity index (χ1v) is 15.9. The van der Waals surface area contributed by atoms with Crippen molar-refractivity contribution < 1.29 is 23.5 Å². The minimum absolute atomic E-state index is 0.0926. The van der Waals surface area contributed by atoms with Gasteiger partial charge in [-0.2, -0.15) is 0 Å². The second-order valence-electron chi connectivity index (χ2n) is 12.1. The lowest BCUT2D eigenvalue weighted by molar-refractivity contribution is 0.0250. The molecule has 0 bridgehead atoms. The van der Waals surface area contributed by atoms with Crippen molar-refractivity contribution in [1.29, 1.82) is 0 Å². The summed E-state index contributed by atoms with van der Waals surface area (Å²) in [4.78, 5) is 31.2. The number of thiophene rings is 1. The van der Waals surface area contributed by atoms with E-state index < -0.39 is 11.7 Å². The fraction of sp³-hybridized carbons (Fsp3) is 0.600. The lowest BCUT2D eigenvalue weighted by Gasteiger charge is -2.39. The molecule has 2 aromatic rings.